The molecule has 0 bridgehead atoms. The van der Waals surface area contributed by atoms with Gasteiger partial charge in [0.15, 0.2) is 18.9 Å². The molecule has 26 atom stereocenters. The number of fused-ring (bicyclic) bond motifs is 7. The van der Waals surface area contributed by atoms with Crippen LogP contribution in [-0.4, -0.2) is 199 Å². The number of aliphatic hydroxyl groups is 11. The summed E-state index contributed by atoms with van der Waals surface area (Å²) in [7, 11) is 0. The number of rotatable bonds is 9. The van der Waals surface area contributed by atoms with Gasteiger partial charge >= 0.3 is 5.97 Å². The van der Waals surface area contributed by atoms with Crippen LogP contribution in [0, 0.1) is 50.2 Å². The highest BCUT2D eigenvalue weighted by Crippen LogP contribution is 2.76. The first-order valence-electron chi connectivity index (χ1n) is 26.5. The van der Waals surface area contributed by atoms with Gasteiger partial charge in [-0.1, -0.05) is 60.1 Å². The van der Waals surface area contributed by atoms with Crippen LogP contribution < -0.4 is 0 Å². The monoisotopic (exact) mass is 1030 g/mol. The molecule has 0 amide bonds. The van der Waals surface area contributed by atoms with Crippen LogP contribution in [0.25, 0.3) is 0 Å². The van der Waals surface area contributed by atoms with E-state index in [-0.39, 0.29) is 58.7 Å². The van der Waals surface area contributed by atoms with E-state index in [1.165, 1.54) is 12.5 Å². The molecule has 9 rings (SSSR count). The Morgan fingerprint density at radius 1 is 0.625 bits per heavy atom. The molecule has 0 radical (unpaired) electrons. The van der Waals surface area contributed by atoms with Gasteiger partial charge in [-0.05, 0) is 116 Å². The molecule has 4 aliphatic heterocycles. The average Bonchev–Trinajstić information content (AvgIpc) is 3.32. The second-order valence-electron chi connectivity index (χ2n) is 25.4. The van der Waals surface area contributed by atoms with Crippen LogP contribution in [-0.2, 0) is 42.7 Å². The molecule has 5 aliphatic carbocycles. The summed E-state index contributed by atoms with van der Waals surface area (Å²) in [4.78, 5) is 14.7. The van der Waals surface area contributed by atoms with E-state index in [1.54, 1.807) is 0 Å². The molecule has 20 nitrogen and oxygen atoms in total. The highest BCUT2D eigenvalue weighted by Gasteiger charge is 2.70. The van der Waals surface area contributed by atoms with Crippen LogP contribution in [0.5, 0.6) is 0 Å². The second-order valence-corrected chi connectivity index (χ2v) is 25.4. The first kappa shape index (κ1) is 55.3. The summed E-state index contributed by atoms with van der Waals surface area (Å²) in [6.45, 7) is 16.5. The molecule has 4 saturated heterocycles. The lowest BCUT2D eigenvalue weighted by Gasteiger charge is -2.71. The number of ether oxygens (including phenoxy) is 8. The van der Waals surface area contributed by atoms with Crippen molar-refractivity contribution in [2.75, 3.05) is 19.8 Å². The van der Waals surface area contributed by atoms with Gasteiger partial charge in [0.05, 0.1) is 37.4 Å². The molecule has 4 saturated carbocycles. The molecule has 0 aromatic rings. The van der Waals surface area contributed by atoms with E-state index in [9.17, 15) is 61.0 Å². The van der Waals surface area contributed by atoms with Crippen LogP contribution in [0.1, 0.15) is 120 Å². The molecule has 11 N–H and O–H groups in total. The molecular formula is C52H84O20. The first-order chi connectivity index (χ1) is 33.7. The molecule has 20 heteroatoms. The third-order valence-corrected chi connectivity index (χ3v) is 20.6. The molecule has 0 spiro atoms. The molecule has 4 heterocycles. The molecule has 412 valence electrons. The smallest absolute Gasteiger partial charge is 0.315 e. The first-order valence-corrected chi connectivity index (χ1v) is 26.5. The van der Waals surface area contributed by atoms with Gasteiger partial charge in [-0.3, -0.25) is 4.79 Å². The third kappa shape index (κ3) is 8.87. The van der Waals surface area contributed by atoms with Crippen molar-refractivity contribution in [3.63, 3.8) is 0 Å². The minimum absolute atomic E-state index is 0.0621. The van der Waals surface area contributed by atoms with Crippen LogP contribution in [0.4, 0.5) is 0 Å². The standard InChI is InChI=1S/C52H84O20/c1-23-32(56)40(70-42-37(61)33(57)26(54)21-65-42)39(63)44(67-23)71-41-34(58)27(55)22-66-45(41)69-31-12-13-49(6)29(48(31,4)5)11-14-51(8)30(49)10-9-24-25-19-47(2,3)15-17-52(25,18-16-50(24,51)7)46(64)72-43-38(62)36(60)35(59)28(20-53)68-43/h9,23,25-45,53-63H,10-22H2,1-8H3/t23-,25+,26+,27-,28+,29-,30+,31-,32-,33-,34-,35+,36-,37+,38+,39+,40+,41+,42-,43-,44-,45-,49-,50+,51+,52-/m0/s1. The lowest BCUT2D eigenvalue weighted by Crippen LogP contribution is -2.66. The maximum Gasteiger partial charge on any atom is 0.315 e. The van der Waals surface area contributed by atoms with Crippen LogP contribution in [0.15, 0.2) is 11.6 Å². The highest BCUT2D eigenvalue weighted by molar-refractivity contribution is 5.79. The fourth-order valence-electron chi connectivity index (χ4n) is 15.9. The zero-order valence-corrected chi connectivity index (χ0v) is 43.1. The van der Waals surface area contributed by atoms with Crippen molar-refractivity contribution < 1.29 is 98.9 Å². The summed E-state index contributed by atoms with van der Waals surface area (Å²) in [6.07, 6.45) is -17.0. The van der Waals surface area contributed by atoms with E-state index in [4.69, 9.17) is 37.9 Å². The minimum atomic E-state index is -1.73. The van der Waals surface area contributed by atoms with Crippen molar-refractivity contribution in [3.05, 3.63) is 11.6 Å². The Balaban J connectivity index is 0.926. The van der Waals surface area contributed by atoms with E-state index >= 15 is 0 Å². The summed E-state index contributed by atoms with van der Waals surface area (Å²) in [6, 6.07) is 0. The predicted octanol–water partition coefficient (Wildman–Crippen LogP) is 0.271. The topological polar surface area (TPSA) is 313 Å². The van der Waals surface area contributed by atoms with E-state index in [1.807, 2.05) is 0 Å². The van der Waals surface area contributed by atoms with E-state index in [0.29, 0.717) is 19.3 Å². The Hall–Kier alpha value is -1.51. The average molecular weight is 1030 g/mol. The van der Waals surface area contributed by atoms with Gasteiger partial charge in [0.2, 0.25) is 6.29 Å². The van der Waals surface area contributed by atoms with Gasteiger partial charge < -0.3 is 94.1 Å². The molecular weight excluding hydrogens is 945 g/mol. The zero-order valence-electron chi connectivity index (χ0n) is 43.1. The quantitative estimate of drug-likeness (QED) is 0.0839. The van der Waals surface area contributed by atoms with Crippen molar-refractivity contribution in [3.8, 4) is 0 Å². The maximum atomic E-state index is 14.7. The molecule has 0 unspecified atom stereocenters. The lowest BCUT2D eigenvalue weighted by molar-refractivity contribution is -0.378. The number of hydrogen-bond acceptors (Lipinski definition) is 20. The summed E-state index contributed by atoms with van der Waals surface area (Å²) >= 11 is 0. The normalized spacial score (nSPS) is 54.2. The molecule has 9 aliphatic rings. The fourth-order valence-corrected chi connectivity index (χ4v) is 15.9. The van der Waals surface area contributed by atoms with Gasteiger partial charge in [0.1, 0.15) is 79.4 Å². The third-order valence-electron chi connectivity index (χ3n) is 20.6. The molecule has 0 aromatic heterocycles. The second kappa shape index (κ2) is 19.7. The Kier molecular flexibility index (Phi) is 15.2. The lowest BCUT2D eigenvalue weighted by atomic mass is 9.33. The summed E-state index contributed by atoms with van der Waals surface area (Å²) < 4.78 is 48.0. The van der Waals surface area contributed by atoms with Gasteiger partial charge in [-0.2, -0.15) is 0 Å². The van der Waals surface area contributed by atoms with Crippen LogP contribution in [0.2, 0.25) is 0 Å². The fraction of sp³-hybridized carbons (Fsp3) is 0.942. The van der Waals surface area contributed by atoms with Crippen molar-refractivity contribution >= 4 is 5.97 Å². The van der Waals surface area contributed by atoms with E-state index in [0.717, 1.165) is 44.9 Å². The Morgan fingerprint density at radius 3 is 1.96 bits per heavy atom. The van der Waals surface area contributed by atoms with Crippen molar-refractivity contribution in [1.82, 2.24) is 0 Å². The van der Waals surface area contributed by atoms with Crippen LogP contribution in [0.3, 0.4) is 0 Å². The van der Waals surface area contributed by atoms with Gasteiger partial charge in [0.25, 0.3) is 0 Å². The number of hydrogen-bond donors (Lipinski definition) is 11. The number of aliphatic hydroxyl groups excluding tert-OH is 11. The number of carbonyl (C=O) groups excluding carboxylic acids is 1. The summed E-state index contributed by atoms with van der Waals surface area (Å²) in [5.41, 5.74) is -0.658. The largest absolute Gasteiger partial charge is 0.432 e. The SMILES string of the molecule is C[C@@H]1O[C@@H](O[C@H]2[C@H](O[C@H]3CC[C@]4(C)[C@H]5CC=C6[C@H]7CC(C)(C)CC[C@]7(C(=O)O[C@@H]7O[C@H](CO)[C@@H](O)[C@H](O)[C@H]7O)CC[C@@]6(C)[C@]5(C)CC[C@H]4C3(C)C)OC[C@H](O)[C@@H]2O)[C@H](O)[C@H](O[C@@H]2OC[C@@H](O)[C@H](O)[C@H]2O)[C@H]1O. The number of carbonyl (C=O) groups is 1. The Labute approximate surface area is 421 Å². The van der Waals surface area contributed by atoms with Gasteiger partial charge in [-0.25, -0.2) is 0 Å². The summed E-state index contributed by atoms with van der Waals surface area (Å²) in [5.74, 6) is -0.175. The van der Waals surface area contributed by atoms with Crippen molar-refractivity contribution in [2.24, 2.45) is 50.2 Å². The van der Waals surface area contributed by atoms with Gasteiger partial charge in [-0.15, -0.1) is 0 Å². The number of allylic oxidation sites excluding steroid dienone is 2. The Bertz CT molecular complexity index is 1990. The number of esters is 1. The van der Waals surface area contributed by atoms with Crippen molar-refractivity contribution in [1.29, 1.82) is 0 Å². The van der Waals surface area contributed by atoms with E-state index in [2.05, 4.69) is 54.5 Å². The predicted molar refractivity (Wildman–Crippen MR) is 249 cm³/mol. The summed E-state index contributed by atoms with van der Waals surface area (Å²) in [5, 5.41) is 117. The van der Waals surface area contributed by atoms with Crippen molar-refractivity contribution in [2.45, 2.75) is 236 Å². The maximum absolute atomic E-state index is 14.7. The molecule has 8 fully saturated rings. The minimum Gasteiger partial charge on any atom is -0.432 e. The van der Waals surface area contributed by atoms with E-state index < -0.39 is 134 Å². The van der Waals surface area contributed by atoms with Gasteiger partial charge in [0, 0.05) is 0 Å². The molecule has 72 heavy (non-hydrogen) atoms. The highest BCUT2D eigenvalue weighted by atomic mass is 16.8. The molecule has 0 aromatic carbocycles. The zero-order chi connectivity index (χ0) is 52.4. The Morgan fingerprint density at radius 2 is 1.26 bits per heavy atom. The van der Waals surface area contributed by atoms with Crippen LogP contribution >= 0.6 is 0 Å².